The van der Waals surface area contributed by atoms with Gasteiger partial charge >= 0.3 is 0 Å². The summed E-state index contributed by atoms with van der Waals surface area (Å²) in [6.45, 7) is 2.92. The average Bonchev–Trinajstić information content (AvgIpc) is 2.68. The van der Waals surface area contributed by atoms with Crippen molar-refractivity contribution in [1.82, 2.24) is 15.3 Å². The minimum atomic E-state index is 0.253. The second-order valence-corrected chi connectivity index (χ2v) is 4.04. The molecular formula is C11H17N3O. The molecule has 1 fully saturated rings. The van der Waals surface area contributed by atoms with Gasteiger partial charge in [-0.25, -0.2) is 0 Å². The average molecular weight is 207 g/mol. The molecule has 0 radical (unpaired) electrons. The van der Waals surface area contributed by atoms with Crippen LogP contribution in [-0.2, 0) is 4.74 Å². The Hall–Kier alpha value is -1.00. The van der Waals surface area contributed by atoms with Crippen molar-refractivity contribution >= 4 is 0 Å². The van der Waals surface area contributed by atoms with Crippen LogP contribution >= 0.6 is 0 Å². The lowest BCUT2D eigenvalue weighted by atomic mass is 9.95. The van der Waals surface area contributed by atoms with Gasteiger partial charge in [0.15, 0.2) is 0 Å². The van der Waals surface area contributed by atoms with Crippen molar-refractivity contribution in [3.05, 3.63) is 24.3 Å². The Kier molecular flexibility index (Phi) is 3.28. The second kappa shape index (κ2) is 4.68. The minimum Gasteiger partial charge on any atom is -0.378 e. The van der Waals surface area contributed by atoms with Crippen LogP contribution in [0.3, 0.4) is 0 Å². The Morgan fingerprint density at radius 3 is 2.93 bits per heavy atom. The van der Waals surface area contributed by atoms with Gasteiger partial charge in [-0.2, -0.15) is 0 Å². The fourth-order valence-electron chi connectivity index (χ4n) is 2.18. The molecule has 82 valence electrons. The highest BCUT2D eigenvalue weighted by Gasteiger charge is 2.30. The van der Waals surface area contributed by atoms with Crippen molar-refractivity contribution in [2.75, 3.05) is 13.7 Å². The number of ether oxygens (including phenoxy) is 1. The maximum atomic E-state index is 5.58. The van der Waals surface area contributed by atoms with Crippen LogP contribution in [0.1, 0.15) is 25.1 Å². The monoisotopic (exact) mass is 207 g/mol. The minimum absolute atomic E-state index is 0.253. The third-order valence-corrected chi connectivity index (χ3v) is 2.91. The zero-order valence-corrected chi connectivity index (χ0v) is 9.18. The molecule has 0 bridgehead atoms. The number of aromatic nitrogens is 2. The summed E-state index contributed by atoms with van der Waals surface area (Å²) in [6, 6.07) is 0.253. The third kappa shape index (κ3) is 2.33. The van der Waals surface area contributed by atoms with E-state index >= 15 is 0 Å². The van der Waals surface area contributed by atoms with Crippen LogP contribution in [0.2, 0.25) is 0 Å². The molecular weight excluding hydrogens is 190 g/mol. The fraction of sp³-hybridized carbons (Fsp3) is 0.636. The normalized spacial score (nSPS) is 27.9. The Bertz CT molecular complexity index is 304. The van der Waals surface area contributed by atoms with E-state index in [0.717, 1.165) is 18.7 Å². The van der Waals surface area contributed by atoms with Gasteiger partial charge in [-0.15, -0.1) is 0 Å². The summed E-state index contributed by atoms with van der Waals surface area (Å²) in [5.41, 5.74) is 1.00. The van der Waals surface area contributed by atoms with Crippen LogP contribution in [0, 0.1) is 5.92 Å². The van der Waals surface area contributed by atoms with Gasteiger partial charge in [0, 0.05) is 24.5 Å². The predicted molar refractivity (Wildman–Crippen MR) is 57.4 cm³/mol. The maximum Gasteiger partial charge on any atom is 0.0759 e. The lowest BCUT2D eigenvalue weighted by Crippen LogP contribution is -2.26. The molecule has 4 heteroatoms. The molecule has 0 aromatic carbocycles. The van der Waals surface area contributed by atoms with E-state index in [1.807, 2.05) is 13.2 Å². The van der Waals surface area contributed by atoms with Gasteiger partial charge in [0.05, 0.1) is 24.4 Å². The van der Waals surface area contributed by atoms with Crippen molar-refractivity contribution < 1.29 is 4.74 Å². The molecule has 0 spiro atoms. The van der Waals surface area contributed by atoms with Crippen molar-refractivity contribution in [2.24, 2.45) is 5.92 Å². The van der Waals surface area contributed by atoms with Gasteiger partial charge < -0.3 is 10.1 Å². The first kappa shape index (κ1) is 10.5. The molecule has 4 nitrogen and oxygen atoms in total. The summed E-state index contributed by atoms with van der Waals surface area (Å²) >= 11 is 0. The molecule has 2 heterocycles. The van der Waals surface area contributed by atoms with Gasteiger partial charge in [-0.1, -0.05) is 0 Å². The number of hydrogen-bond donors (Lipinski definition) is 1. The molecule has 2 rings (SSSR count). The van der Waals surface area contributed by atoms with Crippen molar-refractivity contribution in [3.8, 4) is 0 Å². The maximum absolute atomic E-state index is 5.58. The highest BCUT2D eigenvalue weighted by atomic mass is 16.5. The first-order valence-corrected chi connectivity index (χ1v) is 5.36. The van der Waals surface area contributed by atoms with Crippen LogP contribution in [0.5, 0.6) is 0 Å². The van der Waals surface area contributed by atoms with Crippen LogP contribution in [0.25, 0.3) is 0 Å². The summed E-state index contributed by atoms with van der Waals surface area (Å²) in [5.74, 6) is 0.502. The van der Waals surface area contributed by atoms with E-state index in [0.29, 0.717) is 12.0 Å². The molecule has 3 atom stereocenters. The van der Waals surface area contributed by atoms with Gasteiger partial charge in [0.2, 0.25) is 0 Å². The summed E-state index contributed by atoms with van der Waals surface area (Å²) < 4.78 is 5.58. The quantitative estimate of drug-likeness (QED) is 0.808. The SMILES string of the molecule is CNC(c1cnccn1)C1COC(C)C1. The van der Waals surface area contributed by atoms with E-state index in [1.165, 1.54) is 0 Å². The van der Waals surface area contributed by atoms with Crippen LogP contribution in [0.4, 0.5) is 0 Å². The molecule has 1 aliphatic rings. The molecule has 1 aromatic heterocycles. The Morgan fingerprint density at radius 1 is 1.53 bits per heavy atom. The smallest absolute Gasteiger partial charge is 0.0759 e. The summed E-state index contributed by atoms with van der Waals surface area (Å²) in [5, 5.41) is 3.30. The second-order valence-electron chi connectivity index (χ2n) is 4.04. The van der Waals surface area contributed by atoms with Crippen LogP contribution < -0.4 is 5.32 Å². The molecule has 0 aliphatic carbocycles. The van der Waals surface area contributed by atoms with Gasteiger partial charge in [-0.05, 0) is 20.4 Å². The first-order valence-electron chi connectivity index (χ1n) is 5.36. The van der Waals surface area contributed by atoms with E-state index in [2.05, 4.69) is 22.2 Å². The molecule has 1 aliphatic heterocycles. The van der Waals surface area contributed by atoms with Gasteiger partial charge in [-0.3, -0.25) is 9.97 Å². The summed E-state index contributed by atoms with van der Waals surface area (Å²) in [6.07, 6.45) is 6.71. The molecule has 1 aromatic rings. The standard InChI is InChI=1S/C11H17N3O/c1-8-5-9(7-15-8)11(12-2)10-6-13-3-4-14-10/h3-4,6,8-9,11-12H,5,7H2,1-2H3. The van der Waals surface area contributed by atoms with Gasteiger partial charge in [0.25, 0.3) is 0 Å². The lowest BCUT2D eigenvalue weighted by Gasteiger charge is -2.20. The largest absolute Gasteiger partial charge is 0.378 e. The zero-order valence-electron chi connectivity index (χ0n) is 9.18. The number of nitrogens with one attached hydrogen (secondary N) is 1. The van der Waals surface area contributed by atoms with E-state index in [-0.39, 0.29) is 6.04 Å². The van der Waals surface area contributed by atoms with Gasteiger partial charge in [0.1, 0.15) is 0 Å². The molecule has 1 saturated heterocycles. The van der Waals surface area contributed by atoms with Crippen LogP contribution in [-0.4, -0.2) is 29.7 Å². The van der Waals surface area contributed by atoms with Crippen molar-refractivity contribution in [3.63, 3.8) is 0 Å². The Morgan fingerprint density at radius 2 is 2.40 bits per heavy atom. The predicted octanol–water partition coefficient (Wildman–Crippen LogP) is 1.16. The highest BCUT2D eigenvalue weighted by molar-refractivity contribution is 5.05. The van der Waals surface area contributed by atoms with Crippen LogP contribution in [0.15, 0.2) is 18.6 Å². The molecule has 0 saturated carbocycles. The molecule has 0 amide bonds. The summed E-state index contributed by atoms with van der Waals surface area (Å²) in [7, 11) is 1.96. The summed E-state index contributed by atoms with van der Waals surface area (Å²) in [4.78, 5) is 8.44. The lowest BCUT2D eigenvalue weighted by molar-refractivity contribution is 0.117. The number of rotatable bonds is 3. The van der Waals surface area contributed by atoms with Crippen molar-refractivity contribution in [2.45, 2.75) is 25.5 Å². The molecule has 3 unspecified atom stereocenters. The first-order chi connectivity index (χ1) is 7.31. The number of nitrogens with zero attached hydrogens (tertiary/aromatic N) is 2. The fourth-order valence-corrected chi connectivity index (χ4v) is 2.18. The van der Waals surface area contributed by atoms with E-state index < -0.39 is 0 Å². The topological polar surface area (TPSA) is 47.0 Å². The Labute approximate surface area is 90.1 Å². The van der Waals surface area contributed by atoms with E-state index in [1.54, 1.807) is 12.4 Å². The van der Waals surface area contributed by atoms with Crippen molar-refractivity contribution in [1.29, 1.82) is 0 Å². The third-order valence-electron chi connectivity index (χ3n) is 2.91. The molecule has 15 heavy (non-hydrogen) atoms. The van der Waals surface area contributed by atoms with E-state index in [4.69, 9.17) is 4.74 Å². The Balaban J connectivity index is 2.11. The molecule has 1 N–H and O–H groups in total. The highest BCUT2D eigenvalue weighted by Crippen LogP contribution is 2.29. The van der Waals surface area contributed by atoms with E-state index in [9.17, 15) is 0 Å². The number of hydrogen-bond acceptors (Lipinski definition) is 4. The zero-order chi connectivity index (χ0) is 10.7.